The molecule has 7 rings (SSSR count). The normalized spacial score (nSPS) is 28.4. The van der Waals surface area contributed by atoms with Crippen LogP contribution in [-0.4, -0.2) is 102 Å². The fourth-order valence-electron chi connectivity index (χ4n) is 7.36. The molecule has 42 heavy (non-hydrogen) atoms. The zero-order valence-electron chi connectivity index (χ0n) is 25.0. The third-order valence-electron chi connectivity index (χ3n) is 9.78. The van der Waals surface area contributed by atoms with E-state index in [1.54, 1.807) is 0 Å². The second-order valence-electron chi connectivity index (χ2n) is 13.2. The molecule has 1 spiro atoms. The number of carbonyl (C=O) groups is 2. The molecule has 1 saturated carbocycles. The zero-order chi connectivity index (χ0) is 29.2. The number of carbonyl (C=O) groups excluding carboxylic acids is 2. The molecule has 0 radical (unpaired) electrons. The monoisotopic (exact) mass is 575 g/mol. The van der Waals surface area contributed by atoms with Crippen LogP contribution in [-0.2, 0) is 4.74 Å². The van der Waals surface area contributed by atoms with Crippen molar-refractivity contribution in [2.24, 2.45) is 5.41 Å². The highest BCUT2D eigenvalue weighted by Gasteiger charge is 2.66. The van der Waals surface area contributed by atoms with Gasteiger partial charge < -0.3 is 34.8 Å². The summed E-state index contributed by atoms with van der Waals surface area (Å²) < 4.78 is 12.7. The topological polar surface area (TPSA) is 112 Å². The quantitative estimate of drug-likeness (QED) is 0.558. The summed E-state index contributed by atoms with van der Waals surface area (Å²) in [6.45, 7) is 10.4. The molecule has 3 atom stereocenters. The Hall–Kier alpha value is -3.44. The van der Waals surface area contributed by atoms with Gasteiger partial charge >= 0.3 is 6.03 Å². The van der Waals surface area contributed by atoms with Gasteiger partial charge in [-0.25, -0.2) is 9.78 Å². The van der Waals surface area contributed by atoms with Crippen molar-refractivity contribution < 1.29 is 19.1 Å². The van der Waals surface area contributed by atoms with Gasteiger partial charge in [-0.05, 0) is 78.7 Å². The van der Waals surface area contributed by atoms with Crippen LogP contribution in [0.4, 0.5) is 16.4 Å². The second-order valence-corrected chi connectivity index (χ2v) is 13.2. The van der Waals surface area contributed by atoms with Crippen LogP contribution in [0.3, 0.4) is 0 Å². The maximum atomic E-state index is 14.5. The number of ether oxygens (including phenoxy) is 2. The van der Waals surface area contributed by atoms with Crippen LogP contribution in [0.15, 0.2) is 24.3 Å². The third kappa shape index (κ3) is 4.57. The molecule has 5 aliphatic rings. The highest BCUT2D eigenvalue weighted by atomic mass is 16.5. The molecule has 2 aromatic rings. The van der Waals surface area contributed by atoms with Crippen molar-refractivity contribution in [2.75, 3.05) is 56.5 Å². The van der Waals surface area contributed by atoms with Crippen LogP contribution in [0.1, 0.15) is 56.8 Å². The summed E-state index contributed by atoms with van der Waals surface area (Å²) in [5.41, 5.74) is 1.98. The van der Waals surface area contributed by atoms with Gasteiger partial charge in [0.2, 0.25) is 11.8 Å². The van der Waals surface area contributed by atoms with Crippen LogP contribution in [0.25, 0.3) is 11.3 Å². The van der Waals surface area contributed by atoms with Crippen molar-refractivity contribution >= 4 is 23.6 Å². The van der Waals surface area contributed by atoms with Crippen LogP contribution < -0.4 is 20.3 Å². The standard InChI is InChI=1S/C31H41N7O4/c1-5-32-29(40)33-20-8-6-19(7-9-20)25-24-26(35-28(34-25)37-16-23-31(18-37)13-10-22(31)41-23)42-30(2,3)17-38(27(24)39)21-11-14-36(4)15-12-21/h6-9,21-23H,5,10-18H2,1-4H3,(H2,32,33,40). The van der Waals surface area contributed by atoms with Crippen molar-refractivity contribution in [1.82, 2.24) is 25.1 Å². The van der Waals surface area contributed by atoms with Gasteiger partial charge in [-0.2, -0.15) is 4.98 Å². The summed E-state index contributed by atoms with van der Waals surface area (Å²) >= 11 is 0. The lowest BCUT2D eigenvalue weighted by molar-refractivity contribution is -0.279. The van der Waals surface area contributed by atoms with Crippen molar-refractivity contribution in [3.05, 3.63) is 29.8 Å². The van der Waals surface area contributed by atoms with E-state index in [9.17, 15) is 9.59 Å². The van der Waals surface area contributed by atoms with E-state index in [2.05, 4.69) is 27.5 Å². The van der Waals surface area contributed by atoms with Crippen molar-refractivity contribution in [1.29, 1.82) is 0 Å². The molecule has 11 nitrogen and oxygen atoms in total. The molecule has 1 aliphatic carbocycles. The first kappa shape index (κ1) is 27.4. The lowest BCUT2D eigenvalue weighted by Crippen LogP contribution is -2.65. The van der Waals surface area contributed by atoms with Gasteiger partial charge in [0.25, 0.3) is 5.91 Å². The number of aromatic nitrogens is 2. The summed E-state index contributed by atoms with van der Waals surface area (Å²) in [7, 11) is 2.13. The molecule has 5 heterocycles. The van der Waals surface area contributed by atoms with Crippen molar-refractivity contribution in [2.45, 2.75) is 70.3 Å². The lowest BCUT2D eigenvalue weighted by atomic mass is 9.60. The number of amides is 3. The maximum Gasteiger partial charge on any atom is 0.319 e. The molecule has 1 aromatic carbocycles. The van der Waals surface area contributed by atoms with Gasteiger partial charge in [0.1, 0.15) is 11.2 Å². The minimum absolute atomic E-state index is 0.0846. The van der Waals surface area contributed by atoms with E-state index >= 15 is 0 Å². The summed E-state index contributed by atoms with van der Waals surface area (Å²) in [5.74, 6) is 0.828. The van der Waals surface area contributed by atoms with E-state index in [4.69, 9.17) is 19.4 Å². The van der Waals surface area contributed by atoms with Gasteiger partial charge in [0.15, 0.2) is 0 Å². The first-order valence-corrected chi connectivity index (χ1v) is 15.3. The van der Waals surface area contributed by atoms with E-state index in [0.717, 1.165) is 51.0 Å². The first-order chi connectivity index (χ1) is 20.2. The zero-order valence-corrected chi connectivity index (χ0v) is 25.0. The van der Waals surface area contributed by atoms with Gasteiger partial charge in [0.05, 0.1) is 24.4 Å². The Labute approximate surface area is 246 Å². The molecule has 11 heteroatoms. The maximum absolute atomic E-state index is 14.5. The Kier molecular flexibility index (Phi) is 6.58. The number of hydrogen-bond donors (Lipinski definition) is 2. The van der Waals surface area contributed by atoms with Gasteiger partial charge in [-0.15, -0.1) is 0 Å². The highest BCUT2D eigenvalue weighted by molar-refractivity contribution is 6.03. The average Bonchev–Trinajstić information content (AvgIpc) is 3.28. The number of fused-ring (bicyclic) bond motifs is 1. The van der Waals surface area contributed by atoms with Crippen LogP contribution in [0.2, 0.25) is 0 Å². The van der Waals surface area contributed by atoms with E-state index in [0.29, 0.717) is 48.0 Å². The fourth-order valence-corrected chi connectivity index (χ4v) is 7.36. The van der Waals surface area contributed by atoms with Gasteiger partial charge in [-0.3, -0.25) is 4.79 Å². The molecule has 4 fully saturated rings. The van der Waals surface area contributed by atoms with Crippen LogP contribution in [0.5, 0.6) is 5.88 Å². The summed E-state index contributed by atoms with van der Waals surface area (Å²) in [5, 5.41) is 5.59. The molecular weight excluding hydrogens is 534 g/mol. The minimum atomic E-state index is -0.627. The lowest BCUT2D eigenvalue weighted by Gasteiger charge is -2.59. The van der Waals surface area contributed by atoms with Crippen molar-refractivity contribution in [3.63, 3.8) is 0 Å². The third-order valence-corrected chi connectivity index (χ3v) is 9.78. The van der Waals surface area contributed by atoms with E-state index in [-0.39, 0.29) is 29.5 Å². The fraction of sp³-hybridized carbons (Fsp3) is 0.613. The SMILES string of the molecule is CCNC(=O)Nc1ccc(-c2nc(N3CC4OC5CCC54C3)nc3c2C(=O)N(C2CCN(C)CC2)CC(C)(C)O3)cc1. The molecule has 224 valence electrons. The Morgan fingerprint density at radius 1 is 1.07 bits per heavy atom. The minimum Gasteiger partial charge on any atom is -0.469 e. The number of hydrogen-bond acceptors (Lipinski definition) is 8. The second kappa shape index (κ2) is 10.1. The molecule has 0 bridgehead atoms. The predicted octanol–water partition coefficient (Wildman–Crippen LogP) is 3.36. The Bertz CT molecular complexity index is 1390. The molecule has 3 saturated heterocycles. The average molecular weight is 576 g/mol. The molecule has 3 unspecified atom stereocenters. The Morgan fingerprint density at radius 3 is 2.48 bits per heavy atom. The molecule has 4 aliphatic heterocycles. The number of likely N-dealkylation sites (tertiary alicyclic amines) is 1. The van der Waals surface area contributed by atoms with Crippen LogP contribution >= 0.6 is 0 Å². The van der Waals surface area contributed by atoms with Crippen molar-refractivity contribution in [3.8, 4) is 17.1 Å². The first-order valence-electron chi connectivity index (χ1n) is 15.3. The summed E-state index contributed by atoms with van der Waals surface area (Å²) in [6, 6.07) is 7.33. The van der Waals surface area contributed by atoms with E-state index < -0.39 is 5.60 Å². The highest BCUT2D eigenvalue weighted by Crippen LogP contribution is 2.59. The molecule has 1 aromatic heterocycles. The number of nitrogens with one attached hydrogen (secondary N) is 2. The molecule has 2 N–H and O–H groups in total. The van der Waals surface area contributed by atoms with Crippen LogP contribution in [0, 0.1) is 5.41 Å². The largest absolute Gasteiger partial charge is 0.469 e. The summed E-state index contributed by atoms with van der Waals surface area (Å²) in [6.07, 6.45) is 4.68. The Balaban J connectivity index is 1.29. The molecular formula is C31H41N7O4. The van der Waals surface area contributed by atoms with Gasteiger partial charge in [0, 0.05) is 42.3 Å². The van der Waals surface area contributed by atoms with E-state index in [1.165, 1.54) is 6.42 Å². The van der Waals surface area contributed by atoms with E-state index in [1.807, 2.05) is 49.9 Å². The number of benzene rings is 1. The van der Waals surface area contributed by atoms with Gasteiger partial charge in [-0.1, -0.05) is 12.1 Å². The number of rotatable bonds is 5. The number of urea groups is 1. The predicted molar refractivity (Wildman–Crippen MR) is 159 cm³/mol. The Morgan fingerprint density at radius 2 is 1.83 bits per heavy atom. The number of anilines is 2. The molecule has 3 amide bonds. The number of piperidine rings is 1. The summed E-state index contributed by atoms with van der Waals surface area (Å²) in [4.78, 5) is 43.1. The smallest absolute Gasteiger partial charge is 0.319 e. The number of nitrogens with zero attached hydrogens (tertiary/aromatic N) is 5.